The third-order valence-corrected chi connectivity index (χ3v) is 5.63. The summed E-state index contributed by atoms with van der Waals surface area (Å²) >= 11 is 1.81. The minimum atomic E-state index is 0.832. The molecule has 5 heteroatoms. The molecule has 2 aliphatic heterocycles. The summed E-state index contributed by atoms with van der Waals surface area (Å²) in [5.74, 6) is 0.878. The Morgan fingerprint density at radius 1 is 1.40 bits per heavy atom. The fraction of sp³-hybridized carbons (Fsp3) is 0.800. The Bertz CT molecular complexity index is 433. The molecule has 2 atom stereocenters. The first-order valence-electron chi connectivity index (χ1n) is 7.87. The summed E-state index contributed by atoms with van der Waals surface area (Å²) in [6.45, 7) is 7.94. The van der Waals surface area contributed by atoms with Gasteiger partial charge in [-0.1, -0.05) is 0 Å². The summed E-state index contributed by atoms with van der Waals surface area (Å²) in [7, 11) is 2.30. The lowest BCUT2D eigenvalue weighted by atomic mass is 9.84. The van der Waals surface area contributed by atoms with Gasteiger partial charge in [0.05, 0.1) is 0 Å². The van der Waals surface area contributed by atoms with E-state index in [9.17, 15) is 0 Å². The summed E-state index contributed by atoms with van der Waals surface area (Å²) < 4.78 is 0. The summed E-state index contributed by atoms with van der Waals surface area (Å²) in [5, 5.41) is 4.36. The SMILES string of the molecule is CCNc1ncc(CN2CCC3C(CCCN3C)C2)s1. The number of fused-ring (bicyclic) bond motifs is 1. The van der Waals surface area contributed by atoms with Crippen molar-refractivity contribution >= 4 is 16.5 Å². The number of piperidine rings is 2. The van der Waals surface area contributed by atoms with Gasteiger partial charge in [0.15, 0.2) is 5.13 Å². The number of nitrogens with one attached hydrogen (secondary N) is 1. The van der Waals surface area contributed by atoms with Crippen LogP contribution in [0.25, 0.3) is 0 Å². The van der Waals surface area contributed by atoms with Crippen LogP contribution in [-0.2, 0) is 6.54 Å². The summed E-state index contributed by atoms with van der Waals surface area (Å²) in [6, 6.07) is 0.832. The van der Waals surface area contributed by atoms with Crippen LogP contribution >= 0.6 is 11.3 Å². The Hall–Kier alpha value is -0.650. The minimum absolute atomic E-state index is 0.832. The van der Waals surface area contributed by atoms with Gasteiger partial charge in [0.25, 0.3) is 0 Å². The molecule has 2 aliphatic rings. The Balaban J connectivity index is 1.56. The number of aromatic nitrogens is 1. The van der Waals surface area contributed by atoms with Crippen molar-refractivity contribution in [2.75, 3.05) is 38.5 Å². The van der Waals surface area contributed by atoms with Crippen LogP contribution in [0.15, 0.2) is 6.20 Å². The zero-order chi connectivity index (χ0) is 13.9. The predicted octanol–water partition coefficient (Wildman–Crippen LogP) is 2.49. The van der Waals surface area contributed by atoms with Gasteiger partial charge in [-0.15, -0.1) is 11.3 Å². The topological polar surface area (TPSA) is 31.4 Å². The molecule has 1 aromatic heterocycles. The van der Waals surface area contributed by atoms with Crippen molar-refractivity contribution in [1.82, 2.24) is 14.8 Å². The molecule has 2 unspecified atom stereocenters. The third-order valence-electron chi connectivity index (χ3n) is 4.69. The molecule has 0 bridgehead atoms. The highest BCUT2D eigenvalue weighted by molar-refractivity contribution is 7.15. The molecular formula is C15H26N4S. The lowest BCUT2D eigenvalue weighted by Crippen LogP contribution is -2.52. The molecule has 0 saturated carbocycles. The number of rotatable bonds is 4. The fourth-order valence-electron chi connectivity index (χ4n) is 3.71. The first-order chi connectivity index (χ1) is 9.76. The van der Waals surface area contributed by atoms with Crippen molar-refractivity contribution in [3.8, 4) is 0 Å². The predicted molar refractivity (Wildman–Crippen MR) is 85.3 cm³/mol. The zero-order valence-electron chi connectivity index (χ0n) is 12.6. The van der Waals surface area contributed by atoms with E-state index in [2.05, 4.69) is 34.1 Å². The van der Waals surface area contributed by atoms with E-state index >= 15 is 0 Å². The second kappa shape index (κ2) is 6.41. The maximum absolute atomic E-state index is 4.44. The highest BCUT2D eigenvalue weighted by Crippen LogP contribution is 2.31. The number of hydrogen-bond acceptors (Lipinski definition) is 5. The standard InChI is InChI=1S/C15H26N4S/c1-3-16-15-17-9-13(20-15)11-19-8-6-14-12(10-19)5-4-7-18(14)2/h9,12,14H,3-8,10-11H2,1-2H3,(H,16,17). The van der Waals surface area contributed by atoms with Gasteiger partial charge in [0, 0.05) is 43.3 Å². The van der Waals surface area contributed by atoms with Crippen LogP contribution in [0.5, 0.6) is 0 Å². The summed E-state index contributed by atoms with van der Waals surface area (Å²) in [5.41, 5.74) is 0. The van der Waals surface area contributed by atoms with Crippen molar-refractivity contribution < 1.29 is 0 Å². The van der Waals surface area contributed by atoms with Crippen LogP contribution < -0.4 is 5.32 Å². The molecule has 2 fully saturated rings. The molecule has 0 spiro atoms. The Kier molecular flexibility index (Phi) is 4.58. The number of thiazole rings is 1. The third kappa shape index (κ3) is 3.15. The van der Waals surface area contributed by atoms with Gasteiger partial charge >= 0.3 is 0 Å². The van der Waals surface area contributed by atoms with E-state index in [0.717, 1.165) is 30.2 Å². The molecule has 0 aromatic carbocycles. The molecule has 2 saturated heterocycles. The maximum Gasteiger partial charge on any atom is 0.182 e. The monoisotopic (exact) mass is 294 g/mol. The van der Waals surface area contributed by atoms with Gasteiger partial charge in [0.2, 0.25) is 0 Å². The van der Waals surface area contributed by atoms with Crippen LogP contribution in [0.3, 0.4) is 0 Å². The van der Waals surface area contributed by atoms with Gasteiger partial charge in [0.1, 0.15) is 0 Å². The fourth-order valence-corrected chi connectivity index (χ4v) is 4.63. The first kappa shape index (κ1) is 14.3. The van der Waals surface area contributed by atoms with Gasteiger partial charge in [-0.25, -0.2) is 4.98 Å². The number of nitrogens with zero attached hydrogens (tertiary/aromatic N) is 3. The Morgan fingerprint density at radius 2 is 2.30 bits per heavy atom. The van der Waals surface area contributed by atoms with Crippen molar-refractivity contribution in [2.24, 2.45) is 5.92 Å². The van der Waals surface area contributed by atoms with Crippen LogP contribution in [0.1, 0.15) is 31.1 Å². The number of hydrogen-bond donors (Lipinski definition) is 1. The molecule has 0 radical (unpaired) electrons. The molecule has 3 rings (SSSR count). The van der Waals surface area contributed by atoms with E-state index in [4.69, 9.17) is 0 Å². The molecular weight excluding hydrogens is 268 g/mol. The quantitative estimate of drug-likeness (QED) is 0.924. The molecule has 20 heavy (non-hydrogen) atoms. The maximum atomic E-state index is 4.44. The van der Waals surface area contributed by atoms with Gasteiger partial charge in [-0.2, -0.15) is 0 Å². The van der Waals surface area contributed by atoms with Crippen molar-refractivity contribution in [3.63, 3.8) is 0 Å². The molecule has 1 aromatic rings. The largest absolute Gasteiger partial charge is 0.362 e. The van der Waals surface area contributed by atoms with Gasteiger partial charge in [-0.05, 0) is 45.7 Å². The van der Waals surface area contributed by atoms with Crippen LogP contribution in [-0.4, -0.2) is 54.1 Å². The molecule has 0 amide bonds. The van der Waals surface area contributed by atoms with Crippen molar-refractivity contribution in [1.29, 1.82) is 0 Å². The van der Waals surface area contributed by atoms with Crippen LogP contribution in [0.2, 0.25) is 0 Å². The molecule has 4 nitrogen and oxygen atoms in total. The highest BCUT2D eigenvalue weighted by atomic mass is 32.1. The smallest absolute Gasteiger partial charge is 0.182 e. The Morgan fingerprint density at radius 3 is 3.15 bits per heavy atom. The van der Waals surface area contributed by atoms with E-state index in [1.807, 2.05) is 6.20 Å². The Labute approximate surface area is 126 Å². The van der Waals surface area contributed by atoms with E-state index in [-0.39, 0.29) is 0 Å². The number of anilines is 1. The average Bonchev–Trinajstić information content (AvgIpc) is 2.87. The second-order valence-corrected chi connectivity index (χ2v) is 7.25. The van der Waals surface area contributed by atoms with Crippen molar-refractivity contribution in [2.45, 2.75) is 38.8 Å². The zero-order valence-corrected chi connectivity index (χ0v) is 13.5. The summed E-state index contributed by atoms with van der Waals surface area (Å²) in [4.78, 5) is 11.0. The highest BCUT2D eigenvalue weighted by Gasteiger charge is 2.34. The van der Waals surface area contributed by atoms with Crippen LogP contribution in [0.4, 0.5) is 5.13 Å². The number of likely N-dealkylation sites (tertiary alicyclic amines) is 2. The molecule has 1 N–H and O–H groups in total. The molecule has 0 aliphatic carbocycles. The van der Waals surface area contributed by atoms with Crippen LogP contribution in [0, 0.1) is 5.92 Å². The van der Waals surface area contributed by atoms with E-state index < -0.39 is 0 Å². The van der Waals surface area contributed by atoms with E-state index in [1.54, 1.807) is 11.3 Å². The van der Waals surface area contributed by atoms with E-state index in [1.165, 1.54) is 43.8 Å². The lowest BCUT2D eigenvalue weighted by molar-refractivity contribution is 0.0358. The normalized spacial score (nSPS) is 28.3. The second-order valence-electron chi connectivity index (χ2n) is 6.14. The van der Waals surface area contributed by atoms with Gasteiger partial charge in [-0.3, -0.25) is 4.90 Å². The molecule has 3 heterocycles. The molecule has 112 valence electrons. The minimum Gasteiger partial charge on any atom is -0.362 e. The summed E-state index contributed by atoms with van der Waals surface area (Å²) in [6.07, 6.45) is 6.16. The van der Waals surface area contributed by atoms with Gasteiger partial charge < -0.3 is 10.2 Å². The average molecular weight is 294 g/mol. The van der Waals surface area contributed by atoms with E-state index in [0.29, 0.717) is 0 Å². The first-order valence-corrected chi connectivity index (χ1v) is 8.69. The lowest BCUT2D eigenvalue weighted by Gasteiger charge is -2.45. The van der Waals surface area contributed by atoms with Crippen molar-refractivity contribution in [3.05, 3.63) is 11.1 Å².